The van der Waals surface area contributed by atoms with Crippen LogP contribution in [0.1, 0.15) is 0 Å². The summed E-state index contributed by atoms with van der Waals surface area (Å²) in [6.07, 6.45) is 1.85. The highest BCUT2D eigenvalue weighted by atomic mass is 32.1. The van der Waals surface area contributed by atoms with Crippen LogP contribution < -0.4 is 10.3 Å². The number of nitrogens with one attached hydrogen (secondary N) is 1. The summed E-state index contributed by atoms with van der Waals surface area (Å²) < 4.78 is 7.96. The van der Waals surface area contributed by atoms with Crippen LogP contribution in [0.3, 0.4) is 0 Å². The molecular formula is C17H12N2O2S. The summed E-state index contributed by atoms with van der Waals surface area (Å²) >= 11 is 1.34. The van der Waals surface area contributed by atoms with Crippen molar-refractivity contribution in [1.82, 2.24) is 9.36 Å². The average Bonchev–Trinajstić information content (AvgIpc) is 3.00. The molecule has 0 aliphatic heterocycles. The van der Waals surface area contributed by atoms with E-state index in [9.17, 15) is 4.79 Å². The number of hydrogen-bond donors (Lipinski definition) is 1. The van der Waals surface area contributed by atoms with Crippen molar-refractivity contribution >= 4 is 33.2 Å². The first-order chi connectivity index (χ1) is 10.7. The van der Waals surface area contributed by atoms with E-state index < -0.39 is 0 Å². The van der Waals surface area contributed by atoms with Crippen molar-refractivity contribution in [3.05, 3.63) is 59.0 Å². The Bertz CT molecular complexity index is 1050. The number of H-pyrrole nitrogens is 1. The van der Waals surface area contributed by atoms with Crippen LogP contribution >= 0.6 is 11.5 Å². The molecule has 1 N–H and O–H groups in total. The number of aromatic nitrogens is 2. The fraction of sp³-hybridized carbons (Fsp3) is 0.0588. The highest BCUT2D eigenvalue weighted by Crippen LogP contribution is 2.30. The maximum Gasteiger partial charge on any atom is 0.258 e. The van der Waals surface area contributed by atoms with Gasteiger partial charge >= 0.3 is 0 Å². The molecular weight excluding hydrogens is 296 g/mol. The predicted molar refractivity (Wildman–Crippen MR) is 89.7 cm³/mol. The zero-order chi connectivity index (χ0) is 15.1. The molecule has 0 saturated carbocycles. The van der Waals surface area contributed by atoms with Gasteiger partial charge in [-0.3, -0.25) is 14.2 Å². The Kier molecular flexibility index (Phi) is 2.94. The Morgan fingerprint density at radius 1 is 1.09 bits per heavy atom. The lowest BCUT2D eigenvalue weighted by molar-refractivity contribution is 0.415. The van der Waals surface area contributed by atoms with Crippen molar-refractivity contribution in [2.75, 3.05) is 7.11 Å². The standard InChI is InChI=1S/C17H12N2O2S/c1-21-12-3-5-13-11(6-12)9-18-15-7-10(2-4-14(13)15)16-8-17(20)19-22-16/h2-9H,1H3,(H,19,20). The summed E-state index contributed by atoms with van der Waals surface area (Å²) in [7, 11) is 1.66. The fourth-order valence-corrected chi connectivity index (χ4v) is 3.28. The molecule has 2 heterocycles. The van der Waals surface area contributed by atoms with Gasteiger partial charge in [0, 0.05) is 23.0 Å². The van der Waals surface area contributed by atoms with Gasteiger partial charge in [-0.15, -0.1) is 0 Å². The quantitative estimate of drug-likeness (QED) is 0.573. The fourth-order valence-electron chi connectivity index (χ4n) is 2.60. The van der Waals surface area contributed by atoms with Crippen molar-refractivity contribution in [2.45, 2.75) is 0 Å². The van der Waals surface area contributed by atoms with Gasteiger partial charge in [-0.2, -0.15) is 0 Å². The maximum atomic E-state index is 11.3. The third-order valence-electron chi connectivity index (χ3n) is 3.70. The Hall–Kier alpha value is -2.66. The third-order valence-corrected chi connectivity index (χ3v) is 4.57. The molecule has 2 aromatic carbocycles. The molecule has 0 aliphatic rings. The summed E-state index contributed by atoms with van der Waals surface area (Å²) in [5.74, 6) is 0.822. The lowest BCUT2D eigenvalue weighted by Crippen LogP contribution is -1.92. The molecule has 0 atom stereocenters. The number of aromatic amines is 1. The van der Waals surface area contributed by atoms with Gasteiger partial charge in [-0.05, 0) is 35.2 Å². The van der Waals surface area contributed by atoms with Crippen LogP contribution in [0.2, 0.25) is 0 Å². The summed E-state index contributed by atoms with van der Waals surface area (Å²) in [5, 5.41) is 3.28. The molecule has 0 amide bonds. The molecule has 0 fully saturated rings. The zero-order valence-electron chi connectivity index (χ0n) is 11.8. The number of benzene rings is 2. The summed E-state index contributed by atoms with van der Waals surface area (Å²) in [4.78, 5) is 16.7. The van der Waals surface area contributed by atoms with Crippen LogP contribution in [-0.4, -0.2) is 16.5 Å². The minimum absolute atomic E-state index is 0.0707. The van der Waals surface area contributed by atoms with Crippen LogP contribution in [0.4, 0.5) is 0 Å². The van der Waals surface area contributed by atoms with E-state index in [1.807, 2.05) is 36.5 Å². The second-order valence-corrected chi connectivity index (χ2v) is 5.87. The van der Waals surface area contributed by atoms with E-state index in [4.69, 9.17) is 4.74 Å². The first-order valence-electron chi connectivity index (χ1n) is 6.80. The molecule has 2 aromatic heterocycles. The van der Waals surface area contributed by atoms with E-state index in [2.05, 4.69) is 15.4 Å². The highest BCUT2D eigenvalue weighted by Gasteiger charge is 2.07. The number of methoxy groups -OCH3 is 1. The van der Waals surface area contributed by atoms with Crippen molar-refractivity contribution in [3.8, 4) is 16.2 Å². The van der Waals surface area contributed by atoms with E-state index in [0.717, 1.165) is 37.9 Å². The van der Waals surface area contributed by atoms with Gasteiger partial charge in [0.15, 0.2) is 0 Å². The van der Waals surface area contributed by atoms with Gasteiger partial charge in [0.05, 0.1) is 17.5 Å². The van der Waals surface area contributed by atoms with Gasteiger partial charge in [-0.1, -0.05) is 23.7 Å². The zero-order valence-corrected chi connectivity index (χ0v) is 12.6. The molecule has 0 radical (unpaired) electrons. The number of fused-ring (bicyclic) bond motifs is 3. The van der Waals surface area contributed by atoms with Crippen molar-refractivity contribution in [2.24, 2.45) is 0 Å². The smallest absolute Gasteiger partial charge is 0.258 e. The van der Waals surface area contributed by atoms with E-state index in [0.29, 0.717) is 0 Å². The van der Waals surface area contributed by atoms with Crippen molar-refractivity contribution in [1.29, 1.82) is 0 Å². The van der Waals surface area contributed by atoms with Crippen LogP contribution in [0.5, 0.6) is 5.75 Å². The molecule has 108 valence electrons. The number of hydrogen-bond acceptors (Lipinski definition) is 4. The minimum Gasteiger partial charge on any atom is -0.497 e. The molecule has 0 bridgehead atoms. The monoisotopic (exact) mass is 308 g/mol. The van der Waals surface area contributed by atoms with Gasteiger partial charge in [0.2, 0.25) is 0 Å². The summed E-state index contributed by atoms with van der Waals surface area (Å²) in [6, 6.07) is 13.7. The van der Waals surface area contributed by atoms with Crippen molar-refractivity contribution < 1.29 is 4.74 Å². The predicted octanol–water partition coefficient (Wildman–Crippen LogP) is 3.81. The van der Waals surface area contributed by atoms with Crippen LogP contribution in [0, 0.1) is 0 Å². The number of nitrogens with zero attached hydrogens (tertiary/aromatic N) is 1. The molecule has 4 aromatic rings. The molecule has 4 rings (SSSR count). The van der Waals surface area contributed by atoms with Crippen LogP contribution in [0.15, 0.2) is 53.5 Å². The second kappa shape index (κ2) is 4.96. The number of pyridine rings is 1. The topological polar surface area (TPSA) is 55.0 Å². The van der Waals surface area contributed by atoms with Gasteiger partial charge in [0.1, 0.15) is 5.75 Å². The van der Waals surface area contributed by atoms with Gasteiger partial charge in [0.25, 0.3) is 5.56 Å². The Morgan fingerprint density at radius 2 is 1.95 bits per heavy atom. The molecule has 0 aliphatic carbocycles. The lowest BCUT2D eigenvalue weighted by Gasteiger charge is -2.06. The second-order valence-electron chi connectivity index (χ2n) is 5.02. The number of rotatable bonds is 2. The lowest BCUT2D eigenvalue weighted by atomic mass is 10.0. The molecule has 0 unspecified atom stereocenters. The summed E-state index contributed by atoms with van der Waals surface area (Å²) in [6.45, 7) is 0. The number of ether oxygens (including phenoxy) is 1. The normalized spacial score (nSPS) is 11.1. The highest BCUT2D eigenvalue weighted by molar-refractivity contribution is 7.09. The minimum atomic E-state index is -0.0707. The Balaban J connectivity index is 1.94. The summed E-state index contributed by atoms with van der Waals surface area (Å²) in [5.41, 5.74) is 1.84. The molecule has 0 spiro atoms. The molecule has 22 heavy (non-hydrogen) atoms. The Morgan fingerprint density at radius 3 is 2.73 bits per heavy atom. The van der Waals surface area contributed by atoms with E-state index in [1.54, 1.807) is 13.2 Å². The van der Waals surface area contributed by atoms with E-state index in [-0.39, 0.29) is 5.56 Å². The van der Waals surface area contributed by atoms with Crippen molar-refractivity contribution in [3.63, 3.8) is 0 Å². The molecule has 4 nitrogen and oxygen atoms in total. The maximum absolute atomic E-state index is 11.3. The van der Waals surface area contributed by atoms with E-state index in [1.165, 1.54) is 11.5 Å². The van der Waals surface area contributed by atoms with Crippen LogP contribution in [-0.2, 0) is 0 Å². The average molecular weight is 308 g/mol. The SMILES string of the molecule is COc1ccc2c(cnc3cc(-c4cc(=O)[nH]s4)ccc32)c1. The third kappa shape index (κ3) is 2.07. The first-order valence-corrected chi connectivity index (χ1v) is 7.62. The Labute approximate surface area is 130 Å². The largest absolute Gasteiger partial charge is 0.497 e. The first kappa shape index (κ1) is 13.0. The van der Waals surface area contributed by atoms with Gasteiger partial charge < -0.3 is 4.74 Å². The van der Waals surface area contributed by atoms with Crippen LogP contribution in [0.25, 0.3) is 32.1 Å². The van der Waals surface area contributed by atoms with Gasteiger partial charge in [-0.25, -0.2) is 0 Å². The molecule has 0 saturated heterocycles. The van der Waals surface area contributed by atoms with E-state index >= 15 is 0 Å². The molecule has 5 heteroatoms.